The molecule has 0 aliphatic carbocycles. The van der Waals surface area contributed by atoms with Gasteiger partial charge in [0, 0.05) is 32.2 Å². The van der Waals surface area contributed by atoms with E-state index in [0.29, 0.717) is 26.2 Å². The molecule has 0 aromatic carbocycles. The van der Waals surface area contributed by atoms with Crippen LogP contribution >= 0.6 is 0 Å². The molecule has 3 amide bonds. The highest BCUT2D eigenvalue weighted by molar-refractivity contribution is 5.75. The van der Waals surface area contributed by atoms with E-state index >= 15 is 0 Å². The lowest BCUT2D eigenvalue weighted by atomic mass is 10.2. The SMILES string of the molecule is CCC(CC)NC(=O)N1CCN(C(=O)OC(C)(C)C)CC1. The summed E-state index contributed by atoms with van der Waals surface area (Å²) in [4.78, 5) is 27.5. The summed E-state index contributed by atoms with van der Waals surface area (Å²) in [6.07, 6.45) is 1.56. The monoisotopic (exact) mass is 299 g/mol. The number of hydrogen-bond donors (Lipinski definition) is 1. The van der Waals surface area contributed by atoms with E-state index in [9.17, 15) is 9.59 Å². The van der Waals surface area contributed by atoms with Crippen LogP contribution in [-0.2, 0) is 4.74 Å². The topological polar surface area (TPSA) is 61.9 Å². The molecular formula is C15H29N3O3. The number of piperazine rings is 1. The van der Waals surface area contributed by atoms with Gasteiger partial charge in [0.15, 0.2) is 0 Å². The highest BCUT2D eigenvalue weighted by atomic mass is 16.6. The third-order valence-electron chi connectivity index (χ3n) is 3.53. The van der Waals surface area contributed by atoms with E-state index in [2.05, 4.69) is 19.2 Å². The molecule has 0 aromatic rings. The minimum absolute atomic E-state index is 0.0347. The minimum Gasteiger partial charge on any atom is -0.444 e. The predicted molar refractivity (Wildman–Crippen MR) is 82.3 cm³/mol. The largest absolute Gasteiger partial charge is 0.444 e. The van der Waals surface area contributed by atoms with Crippen LogP contribution in [0.4, 0.5) is 9.59 Å². The van der Waals surface area contributed by atoms with Crippen molar-refractivity contribution in [2.24, 2.45) is 0 Å². The number of rotatable bonds is 3. The average Bonchev–Trinajstić information content (AvgIpc) is 2.42. The molecule has 0 saturated carbocycles. The minimum atomic E-state index is -0.485. The summed E-state index contributed by atoms with van der Waals surface area (Å²) in [7, 11) is 0. The average molecular weight is 299 g/mol. The van der Waals surface area contributed by atoms with Crippen LogP contribution in [0.3, 0.4) is 0 Å². The molecule has 6 nitrogen and oxygen atoms in total. The molecule has 122 valence electrons. The molecule has 0 aromatic heterocycles. The van der Waals surface area contributed by atoms with Gasteiger partial charge in [-0.25, -0.2) is 9.59 Å². The van der Waals surface area contributed by atoms with Crippen LogP contribution in [-0.4, -0.2) is 59.7 Å². The van der Waals surface area contributed by atoms with Crippen molar-refractivity contribution in [1.29, 1.82) is 0 Å². The summed E-state index contributed by atoms with van der Waals surface area (Å²) in [5, 5.41) is 3.02. The van der Waals surface area contributed by atoms with Gasteiger partial charge in [-0.3, -0.25) is 0 Å². The smallest absolute Gasteiger partial charge is 0.410 e. The lowest BCUT2D eigenvalue weighted by molar-refractivity contribution is 0.0169. The second-order valence-electron chi connectivity index (χ2n) is 6.42. The maximum absolute atomic E-state index is 12.1. The number of carbonyl (C=O) groups excluding carboxylic acids is 2. The number of nitrogens with zero attached hydrogens (tertiary/aromatic N) is 2. The predicted octanol–water partition coefficient (Wildman–Crippen LogP) is 2.44. The Morgan fingerprint density at radius 3 is 1.95 bits per heavy atom. The van der Waals surface area contributed by atoms with Crippen LogP contribution in [0, 0.1) is 0 Å². The van der Waals surface area contributed by atoms with Crippen molar-refractivity contribution in [3.05, 3.63) is 0 Å². The quantitative estimate of drug-likeness (QED) is 0.870. The second kappa shape index (κ2) is 7.52. The van der Waals surface area contributed by atoms with Gasteiger partial charge >= 0.3 is 12.1 Å². The maximum Gasteiger partial charge on any atom is 0.410 e. The van der Waals surface area contributed by atoms with Crippen molar-refractivity contribution in [2.45, 2.75) is 59.1 Å². The van der Waals surface area contributed by atoms with Gasteiger partial charge in [0.25, 0.3) is 0 Å². The molecular weight excluding hydrogens is 270 g/mol. The Kier molecular flexibility index (Phi) is 6.30. The van der Waals surface area contributed by atoms with Crippen molar-refractivity contribution in [3.8, 4) is 0 Å². The zero-order valence-electron chi connectivity index (χ0n) is 13.9. The van der Waals surface area contributed by atoms with Crippen LogP contribution < -0.4 is 5.32 Å². The number of ether oxygens (including phenoxy) is 1. The number of carbonyl (C=O) groups is 2. The van der Waals surface area contributed by atoms with Gasteiger partial charge in [0.05, 0.1) is 0 Å². The Hall–Kier alpha value is -1.46. The first-order valence-corrected chi connectivity index (χ1v) is 7.80. The molecule has 6 heteroatoms. The van der Waals surface area contributed by atoms with Crippen LogP contribution in [0.2, 0.25) is 0 Å². The van der Waals surface area contributed by atoms with E-state index in [0.717, 1.165) is 12.8 Å². The number of hydrogen-bond acceptors (Lipinski definition) is 3. The van der Waals surface area contributed by atoms with E-state index in [1.807, 2.05) is 20.8 Å². The summed E-state index contributed by atoms with van der Waals surface area (Å²) in [5.74, 6) is 0. The van der Waals surface area contributed by atoms with Gasteiger partial charge in [-0.1, -0.05) is 13.8 Å². The Labute approximate surface area is 127 Å². The van der Waals surface area contributed by atoms with E-state index in [1.165, 1.54) is 0 Å². The molecule has 0 atom stereocenters. The summed E-state index contributed by atoms with van der Waals surface area (Å²) >= 11 is 0. The van der Waals surface area contributed by atoms with Gasteiger partial charge < -0.3 is 19.9 Å². The standard InChI is InChI=1S/C15H29N3O3/c1-6-12(7-2)16-13(19)17-8-10-18(11-9-17)14(20)21-15(3,4)5/h12H,6-11H2,1-5H3,(H,16,19). The fourth-order valence-corrected chi connectivity index (χ4v) is 2.18. The van der Waals surface area contributed by atoms with Crippen LogP contribution in [0.5, 0.6) is 0 Å². The van der Waals surface area contributed by atoms with Crippen molar-refractivity contribution < 1.29 is 14.3 Å². The molecule has 21 heavy (non-hydrogen) atoms. The third kappa shape index (κ3) is 5.81. The van der Waals surface area contributed by atoms with E-state index < -0.39 is 5.60 Å². The molecule has 1 N–H and O–H groups in total. The Balaban J connectivity index is 2.41. The summed E-state index contributed by atoms with van der Waals surface area (Å²) in [6.45, 7) is 11.8. The normalized spacial score (nSPS) is 16.1. The van der Waals surface area contributed by atoms with Gasteiger partial charge in [0.2, 0.25) is 0 Å². The third-order valence-corrected chi connectivity index (χ3v) is 3.53. The molecule has 1 heterocycles. The van der Waals surface area contributed by atoms with Crippen molar-refractivity contribution in [2.75, 3.05) is 26.2 Å². The van der Waals surface area contributed by atoms with Crippen LogP contribution in [0.15, 0.2) is 0 Å². The van der Waals surface area contributed by atoms with Crippen LogP contribution in [0.25, 0.3) is 0 Å². The van der Waals surface area contributed by atoms with Gasteiger partial charge in [-0.2, -0.15) is 0 Å². The van der Waals surface area contributed by atoms with Crippen molar-refractivity contribution >= 4 is 12.1 Å². The summed E-state index contributed by atoms with van der Waals surface area (Å²) < 4.78 is 5.34. The zero-order valence-corrected chi connectivity index (χ0v) is 13.9. The van der Waals surface area contributed by atoms with Crippen molar-refractivity contribution in [3.63, 3.8) is 0 Å². The molecule has 0 radical (unpaired) electrons. The molecule has 0 spiro atoms. The first-order chi connectivity index (χ1) is 9.76. The molecule has 1 fully saturated rings. The van der Waals surface area contributed by atoms with E-state index in [4.69, 9.17) is 4.74 Å². The Morgan fingerprint density at radius 1 is 1.05 bits per heavy atom. The highest BCUT2D eigenvalue weighted by Gasteiger charge is 2.27. The Morgan fingerprint density at radius 2 is 1.52 bits per heavy atom. The molecule has 1 aliphatic rings. The first kappa shape index (κ1) is 17.6. The lowest BCUT2D eigenvalue weighted by Gasteiger charge is -2.36. The maximum atomic E-state index is 12.1. The fourth-order valence-electron chi connectivity index (χ4n) is 2.18. The number of nitrogens with one attached hydrogen (secondary N) is 1. The zero-order chi connectivity index (χ0) is 16.0. The van der Waals surface area contributed by atoms with E-state index in [-0.39, 0.29) is 18.2 Å². The molecule has 1 aliphatic heterocycles. The number of amides is 3. The second-order valence-corrected chi connectivity index (χ2v) is 6.42. The van der Waals surface area contributed by atoms with E-state index in [1.54, 1.807) is 9.80 Å². The van der Waals surface area contributed by atoms with Gasteiger partial charge in [-0.15, -0.1) is 0 Å². The summed E-state index contributed by atoms with van der Waals surface area (Å²) in [5.41, 5.74) is -0.485. The fraction of sp³-hybridized carbons (Fsp3) is 0.867. The lowest BCUT2D eigenvalue weighted by Crippen LogP contribution is -2.55. The first-order valence-electron chi connectivity index (χ1n) is 7.80. The molecule has 1 saturated heterocycles. The van der Waals surface area contributed by atoms with Gasteiger partial charge in [-0.05, 0) is 33.6 Å². The van der Waals surface area contributed by atoms with Crippen molar-refractivity contribution in [1.82, 2.24) is 15.1 Å². The molecule has 0 bridgehead atoms. The number of urea groups is 1. The summed E-state index contributed by atoms with van der Waals surface area (Å²) in [6, 6.07) is 0.189. The van der Waals surface area contributed by atoms with Gasteiger partial charge in [0.1, 0.15) is 5.60 Å². The Bertz CT molecular complexity index is 354. The van der Waals surface area contributed by atoms with Crippen LogP contribution in [0.1, 0.15) is 47.5 Å². The molecule has 1 rings (SSSR count). The molecule has 0 unspecified atom stereocenters. The highest BCUT2D eigenvalue weighted by Crippen LogP contribution is 2.12.